The zero-order valence-corrected chi connectivity index (χ0v) is 15.8. The minimum Gasteiger partial charge on any atom is -0.465 e. The van der Waals surface area contributed by atoms with E-state index in [-0.39, 0.29) is 5.91 Å². The number of nitrogens with one attached hydrogen (secondary N) is 2. The van der Waals surface area contributed by atoms with Gasteiger partial charge in [-0.1, -0.05) is 50.2 Å². The Morgan fingerprint density at radius 3 is 2.35 bits per heavy atom. The lowest BCUT2D eigenvalue weighted by molar-refractivity contribution is -0.885. The fourth-order valence-corrected chi connectivity index (χ4v) is 2.78. The quantitative estimate of drug-likeness (QED) is 0.749. The summed E-state index contributed by atoms with van der Waals surface area (Å²) in [5, 5.41) is 2.81. The number of hydrogen-bond acceptors (Lipinski definition) is 3. The van der Waals surface area contributed by atoms with Gasteiger partial charge in [-0.25, -0.2) is 4.79 Å². The van der Waals surface area contributed by atoms with E-state index >= 15 is 0 Å². The molecule has 0 spiro atoms. The van der Waals surface area contributed by atoms with Gasteiger partial charge in [0.15, 0.2) is 6.54 Å². The van der Waals surface area contributed by atoms with E-state index in [0.29, 0.717) is 23.7 Å². The van der Waals surface area contributed by atoms with E-state index in [1.165, 1.54) is 18.2 Å². The number of hydrogen-bond donors (Lipinski definition) is 2. The third-order valence-corrected chi connectivity index (χ3v) is 4.22. The Labute approximate surface area is 155 Å². The second-order valence-electron chi connectivity index (χ2n) is 6.79. The van der Waals surface area contributed by atoms with E-state index in [2.05, 4.69) is 43.4 Å². The highest BCUT2D eigenvalue weighted by molar-refractivity contribution is 6.01. The van der Waals surface area contributed by atoms with Gasteiger partial charge in [-0.2, -0.15) is 0 Å². The molecule has 0 fully saturated rings. The van der Waals surface area contributed by atoms with Crippen LogP contribution in [-0.2, 0) is 16.1 Å². The minimum atomic E-state index is -0.466. The predicted molar refractivity (Wildman–Crippen MR) is 102 cm³/mol. The molecular formula is C21H27N2O3+. The second-order valence-corrected chi connectivity index (χ2v) is 6.79. The molecule has 2 rings (SSSR count). The summed E-state index contributed by atoms with van der Waals surface area (Å²) in [4.78, 5) is 25.2. The van der Waals surface area contributed by atoms with Crippen LogP contribution in [0.25, 0.3) is 0 Å². The van der Waals surface area contributed by atoms with Crippen molar-refractivity contribution in [3.8, 4) is 0 Å². The molecule has 26 heavy (non-hydrogen) atoms. The van der Waals surface area contributed by atoms with Gasteiger partial charge in [0.25, 0.3) is 5.91 Å². The van der Waals surface area contributed by atoms with Crippen LogP contribution in [0.15, 0.2) is 48.5 Å². The highest BCUT2D eigenvalue weighted by atomic mass is 16.5. The Kier molecular flexibility index (Phi) is 6.92. The molecular weight excluding hydrogens is 328 g/mol. The number of carbonyl (C=O) groups is 2. The number of carbonyl (C=O) groups excluding carboxylic acids is 2. The van der Waals surface area contributed by atoms with Crippen LogP contribution < -0.4 is 10.2 Å². The Balaban J connectivity index is 1.94. The summed E-state index contributed by atoms with van der Waals surface area (Å²) in [5.41, 5.74) is 3.32. The molecule has 5 heteroatoms. The summed E-state index contributed by atoms with van der Waals surface area (Å²) in [6.07, 6.45) is 0. The molecule has 2 N–H and O–H groups in total. The Morgan fingerprint density at radius 2 is 1.73 bits per heavy atom. The maximum Gasteiger partial charge on any atom is 0.339 e. The number of ether oxygens (including phenoxy) is 1. The van der Waals surface area contributed by atoms with Crippen molar-refractivity contribution in [3.63, 3.8) is 0 Å². The van der Waals surface area contributed by atoms with Crippen molar-refractivity contribution >= 4 is 17.6 Å². The van der Waals surface area contributed by atoms with Crippen molar-refractivity contribution in [1.82, 2.24) is 0 Å². The van der Waals surface area contributed by atoms with Crippen molar-refractivity contribution in [2.45, 2.75) is 26.3 Å². The van der Waals surface area contributed by atoms with Crippen molar-refractivity contribution in [1.29, 1.82) is 0 Å². The third kappa shape index (κ3) is 5.43. The first-order chi connectivity index (χ1) is 12.4. The molecule has 0 bridgehead atoms. The Morgan fingerprint density at radius 1 is 1.08 bits per heavy atom. The summed E-state index contributed by atoms with van der Waals surface area (Å²) in [6, 6.07) is 15.3. The average Bonchev–Trinajstić information content (AvgIpc) is 2.61. The summed E-state index contributed by atoms with van der Waals surface area (Å²) >= 11 is 0. The standard InChI is InChI=1S/C21H26N2O3/c1-15(2)17-11-9-16(10-12-17)13-23(3)14-20(24)22-19-8-6-5-7-18(19)21(25)26-4/h5-12,15H,13-14H2,1-4H3,(H,22,24)/p+1. The first kappa shape index (κ1) is 19.7. The van der Waals surface area contributed by atoms with Crippen molar-refractivity contribution < 1.29 is 19.2 Å². The number of rotatable bonds is 7. The van der Waals surface area contributed by atoms with Crippen molar-refractivity contribution in [3.05, 3.63) is 65.2 Å². The van der Waals surface area contributed by atoms with Crippen molar-refractivity contribution in [2.75, 3.05) is 26.0 Å². The molecule has 1 atom stereocenters. The molecule has 0 radical (unpaired) electrons. The largest absolute Gasteiger partial charge is 0.465 e. The van der Waals surface area contributed by atoms with Gasteiger partial charge in [-0.05, 0) is 23.6 Å². The third-order valence-electron chi connectivity index (χ3n) is 4.22. The van der Waals surface area contributed by atoms with E-state index in [1.54, 1.807) is 24.3 Å². The fourth-order valence-electron chi connectivity index (χ4n) is 2.78. The first-order valence-electron chi connectivity index (χ1n) is 8.78. The fraction of sp³-hybridized carbons (Fsp3) is 0.333. The maximum absolute atomic E-state index is 12.3. The number of methoxy groups -OCH3 is 1. The number of likely N-dealkylation sites (N-methyl/N-ethyl adjacent to an activating group) is 1. The van der Waals surface area contributed by atoms with Gasteiger partial charge in [0, 0.05) is 5.56 Å². The molecule has 0 aromatic heterocycles. The summed E-state index contributed by atoms with van der Waals surface area (Å²) < 4.78 is 4.75. The summed E-state index contributed by atoms with van der Waals surface area (Å²) in [6.45, 7) is 5.40. The molecule has 0 saturated carbocycles. The van der Waals surface area contributed by atoms with Crippen molar-refractivity contribution in [2.24, 2.45) is 0 Å². The minimum absolute atomic E-state index is 0.141. The van der Waals surface area contributed by atoms with Crippen LogP contribution in [0.2, 0.25) is 0 Å². The number of esters is 1. The number of quaternary nitrogens is 1. The molecule has 2 aromatic carbocycles. The molecule has 2 aromatic rings. The summed E-state index contributed by atoms with van der Waals surface area (Å²) in [5.74, 6) is -0.0979. The van der Waals surface area contributed by atoms with Crippen LogP contribution >= 0.6 is 0 Å². The van der Waals surface area contributed by atoms with Gasteiger partial charge in [0.05, 0.1) is 25.4 Å². The van der Waals surface area contributed by atoms with Gasteiger partial charge < -0.3 is 15.0 Å². The SMILES string of the molecule is COC(=O)c1ccccc1NC(=O)C[NH+](C)Cc1ccc(C(C)C)cc1. The lowest BCUT2D eigenvalue weighted by Gasteiger charge is -2.15. The number of amides is 1. The molecule has 0 saturated heterocycles. The Hall–Kier alpha value is -2.66. The first-order valence-corrected chi connectivity index (χ1v) is 8.78. The topological polar surface area (TPSA) is 59.8 Å². The Bertz CT molecular complexity index is 754. The zero-order chi connectivity index (χ0) is 19.1. The van der Waals surface area contributed by atoms with Crippen LogP contribution in [0, 0.1) is 0 Å². The molecule has 0 aliphatic rings. The van der Waals surface area contributed by atoms with E-state index in [9.17, 15) is 9.59 Å². The van der Waals surface area contributed by atoms with Crippen LogP contribution in [0.3, 0.4) is 0 Å². The molecule has 0 heterocycles. The lowest BCUT2D eigenvalue weighted by atomic mass is 10.0. The van der Waals surface area contributed by atoms with Gasteiger partial charge in [0.2, 0.25) is 0 Å². The normalized spacial score (nSPS) is 11.9. The number of anilines is 1. The maximum atomic E-state index is 12.3. The zero-order valence-electron chi connectivity index (χ0n) is 15.8. The summed E-state index contributed by atoms with van der Waals surface area (Å²) in [7, 11) is 3.30. The van der Waals surface area contributed by atoms with Crippen LogP contribution in [-0.4, -0.2) is 32.6 Å². The van der Waals surface area contributed by atoms with Gasteiger partial charge >= 0.3 is 5.97 Å². The van der Waals surface area contributed by atoms with Crippen LogP contribution in [0.5, 0.6) is 0 Å². The molecule has 0 aliphatic carbocycles. The van der Waals surface area contributed by atoms with Crippen LogP contribution in [0.4, 0.5) is 5.69 Å². The molecule has 1 unspecified atom stereocenters. The average molecular weight is 355 g/mol. The molecule has 5 nitrogen and oxygen atoms in total. The van der Waals surface area contributed by atoms with E-state index in [0.717, 1.165) is 11.4 Å². The lowest BCUT2D eigenvalue weighted by Crippen LogP contribution is -3.08. The molecule has 0 aliphatic heterocycles. The number of benzene rings is 2. The second kappa shape index (κ2) is 9.15. The molecule has 1 amide bonds. The van der Waals surface area contributed by atoms with Gasteiger partial charge in [0.1, 0.15) is 6.54 Å². The predicted octanol–water partition coefficient (Wildman–Crippen LogP) is 2.25. The smallest absolute Gasteiger partial charge is 0.339 e. The highest BCUT2D eigenvalue weighted by Crippen LogP contribution is 2.16. The monoisotopic (exact) mass is 355 g/mol. The number of para-hydroxylation sites is 1. The van der Waals surface area contributed by atoms with E-state index < -0.39 is 5.97 Å². The van der Waals surface area contributed by atoms with Crippen LogP contribution in [0.1, 0.15) is 41.3 Å². The van der Waals surface area contributed by atoms with Gasteiger partial charge in [-0.3, -0.25) is 4.79 Å². The van der Waals surface area contributed by atoms with Gasteiger partial charge in [-0.15, -0.1) is 0 Å². The van der Waals surface area contributed by atoms with E-state index in [1.807, 2.05) is 7.05 Å². The van der Waals surface area contributed by atoms with E-state index in [4.69, 9.17) is 4.74 Å². The molecule has 138 valence electrons. The highest BCUT2D eigenvalue weighted by Gasteiger charge is 2.16.